The van der Waals surface area contributed by atoms with Crippen molar-refractivity contribution in [3.05, 3.63) is 35.9 Å². The van der Waals surface area contributed by atoms with Crippen molar-refractivity contribution in [3.8, 4) is 0 Å². The molecule has 2 nitrogen and oxygen atoms in total. The number of halogens is 1. The second-order valence-corrected chi connectivity index (χ2v) is 3.56. The van der Waals surface area contributed by atoms with Crippen molar-refractivity contribution in [2.45, 2.75) is 11.5 Å². The van der Waals surface area contributed by atoms with E-state index in [0.29, 0.717) is 13.4 Å². The molecule has 1 aromatic carbocycles. The molecule has 0 unspecified atom stereocenters. The minimum absolute atomic E-state index is 0.0309. The Morgan fingerprint density at radius 1 is 1.23 bits per heavy atom. The maximum atomic E-state index is 6.07. The van der Waals surface area contributed by atoms with Crippen LogP contribution in [0.15, 0.2) is 30.3 Å². The summed E-state index contributed by atoms with van der Waals surface area (Å²) in [6, 6.07) is 9.98. The highest BCUT2D eigenvalue weighted by atomic mass is 35.5. The molecule has 0 amide bonds. The van der Waals surface area contributed by atoms with E-state index < -0.39 is 0 Å². The molecule has 0 radical (unpaired) electrons. The summed E-state index contributed by atoms with van der Waals surface area (Å²) in [4.78, 5) is 0. The van der Waals surface area contributed by atoms with Gasteiger partial charge in [0.15, 0.2) is 0 Å². The van der Waals surface area contributed by atoms with Gasteiger partial charge >= 0.3 is 0 Å². The number of ether oxygens (including phenoxy) is 2. The van der Waals surface area contributed by atoms with Crippen molar-refractivity contribution < 1.29 is 9.47 Å². The zero-order valence-electron chi connectivity index (χ0n) is 7.15. The highest BCUT2D eigenvalue weighted by Crippen LogP contribution is 2.28. The van der Waals surface area contributed by atoms with Gasteiger partial charge < -0.3 is 9.47 Å². The highest BCUT2D eigenvalue weighted by molar-refractivity contribution is 6.21. The van der Waals surface area contributed by atoms with E-state index in [-0.39, 0.29) is 11.5 Å². The lowest BCUT2D eigenvalue weighted by Gasteiger charge is -2.27. The van der Waals surface area contributed by atoms with Gasteiger partial charge in [-0.05, 0) is 5.56 Å². The lowest BCUT2D eigenvalue weighted by Crippen LogP contribution is -2.28. The van der Waals surface area contributed by atoms with Gasteiger partial charge in [-0.2, -0.15) is 0 Å². The third kappa shape index (κ3) is 2.02. The van der Waals surface area contributed by atoms with Crippen LogP contribution in [0.5, 0.6) is 0 Å². The third-order valence-electron chi connectivity index (χ3n) is 2.06. The quantitative estimate of drug-likeness (QED) is 0.645. The fourth-order valence-electron chi connectivity index (χ4n) is 1.42. The summed E-state index contributed by atoms with van der Waals surface area (Å²) in [5.41, 5.74) is 1.12. The van der Waals surface area contributed by atoms with Crippen molar-refractivity contribution in [1.82, 2.24) is 0 Å². The van der Waals surface area contributed by atoms with Crippen LogP contribution in [0.1, 0.15) is 11.7 Å². The van der Waals surface area contributed by atoms with Gasteiger partial charge in [0.25, 0.3) is 0 Å². The fourth-order valence-corrected chi connectivity index (χ4v) is 1.73. The molecule has 1 saturated heterocycles. The van der Waals surface area contributed by atoms with Crippen molar-refractivity contribution >= 4 is 11.6 Å². The average Bonchev–Trinajstić information content (AvgIpc) is 2.20. The molecule has 1 fully saturated rings. The van der Waals surface area contributed by atoms with E-state index in [9.17, 15) is 0 Å². The lowest BCUT2D eigenvalue weighted by atomic mass is 10.1. The molecule has 1 aromatic rings. The van der Waals surface area contributed by atoms with Crippen LogP contribution in [0.25, 0.3) is 0 Å². The van der Waals surface area contributed by atoms with Crippen LogP contribution in [0.3, 0.4) is 0 Å². The summed E-state index contributed by atoms with van der Waals surface area (Å²) in [6.45, 7) is 0.893. The largest absolute Gasteiger partial charge is 0.354 e. The molecule has 0 aliphatic carbocycles. The lowest BCUT2D eigenvalue weighted by molar-refractivity contribution is -0.138. The van der Waals surface area contributed by atoms with Crippen LogP contribution in [-0.2, 0) is 9.47 Å². The van der Waals surface area contributed by atoms with E-state index in [0.717, 1.165) is 5.56 Å². The van der Waals surface area contributed by atoms with E-state index in [2.05, 4.69) is 0 Å². The average molecular weight is 199 g/mol. The van der Waals surface area contributed by atoms with Gasteiger partial charge in [0.1, 0.15) is 12.9 Å². The molecule has 1 aliphatic rings. The van der Waals surface area contributed by atoms with Crippen LogP contribution < -0.4 is 0 Å². The Hall–Kier alpha value is -0.570. The Morgan fingerprint density at radius 2 is 2.00 bits per heavy atom. The number of hydrogen-bond donors (Lipinski definition) is 0. The smallest absolute Gasteiger partial charge is 0.147 e. The zero-order valence-corrected chi connectivity index (χ0v) is 7.91. The Balaban J connectivity index is 2.15. The van der Waals surface area contributed by atoms with Gasteiger partial charge in [-0.25, -0.2) is 0 Å². The molecule has 1 heterocycles. The van der Waals surface area contributed by atoms with Crippen LogP contribution in [-0.4, -0.2) is 18.8 Å². The normalized spacial score (nSPS) is 28.7. The fraction of sp³-hybridized carbons (Fsp3) is 0.400. The summed E-state index contributed by atoms with van der Waals surface area (Å²) in [6.07, 6.45) is -0.0309. The minimum atomic E-state index is -0.0869. The molecule has 0 aromatic heterocycles. The first kappa shape index (κ1) is 9.00. The van der Waals surface area contributed by atoms with Crippen LogP contribution in [0.2, 0.25) is 0 Å². The molecule has 1 aliphatic heterocycles. The second kappa shape index (κ2) is 4.09. The van der Waals surface area contributed by atoms with Crippen molar-refractivity contribution in [3.63, 3.8) is 0 Å². The SMILES string of the molecule is Cl[C@@H]1COCO[C@H]1c1ccccc1. The first-order valence-corrected chi connectivity index (χ1v) is 4.70. The van der Waals surface area contributed by atoms with E-state index in [4.69, 9.17) is 21.1 Å². The monoisotopic (exact) mass is 198 g/mol. The van der Waals surface area contributed by atoms with E-state index in [1.54, 1.807) is 0 Å². The molecule has 3 heteroatoms. The second-order valence-electron chi connectivity index (χ2n) is 3.00. The Morgan fingerprint density at radius 3 is 2.69 bits per heavy atom. The van der Waals surface area contributed by atoms with Gasteiger partial charge in [-0.3, -0.25) is 0 Å². The Bertz CT molecular complexity index is 263. The molecule has 2 rings (SSSR count). The standard InChI is InChI=1S/C10H11ClO2/c11-9-6-12-7-13-10(9)8-4-2-1-3-5-8/h1-5,9-10H,6-7H2/t9-,10+/m1/s1. The summed E-state index contributed by atoms with van der Waals surface area (Å²) >= 11 is 6.07. The molecule has 70 valence electrons. The van der Waals surface area contributed by atoms with Gasteiger partial charge in [-0.15, -0.1) is 11.6 Å². The Kier molecular flexibility index (Phi) is 2.83. The maximum absolute atomic E-state index is 6.07. The number of hydrogen-bond acceptors (Lipinski definition) is 2. The topological polar surface area (TPSA) is 18.5 Å². The summed E-state index contributed by atoms with van der Waals surface area (Å²) in [5, 5.41) is -0.0869. The summed E-state index contributed by atoms with van der Waals surface area (Å²) in [5.74, 6) is 0. The van der Waals surface area contributed by atoms with Gasteiger partial charge in [0.2, 0.25) is 0 Å². The predicted octanol–water partition coefficient (Wildman–Crippen LogP) is 2.34. The number of rotatable bonds is 1. The first-order valence-electron chi connectivity index (χ1n) is 4.26. The van der Waals surface area contributed by atoms with Crippen molar-refractivity contribution in [2.24, 2.45) is 0 Å². The number of benzene rings is 1. The van der Waals surface area contributed by atoms with Crippen molar-refractivity contribution in [1.29, 1.82) is 0 Å². The van der Waals surface area contributed by atoms with Crippen LogP contribution >= 0.6 is 11.6 Å². The molecule has 0 N–H and O–H groups in total. The molecular formula is C10H11ClO2. The summed E-state index contributed by atoms with van der Waals surface area (Å²) < 4.78 is 10.5. The van der Waals surface area contributed by atoms with Gasteiger partial charge in [-0.1, -0.05) is 30.3 Å². The van der Waals surface area contributed by atoms with Crippen LogP contribution in [0, 0.1) is 0 Å². The van der Waals surface area contributed by atoms with E-state index >= 15 is 0 Å². The third-order valence-corrected chi connectivity index (χ3v) is 2.42. The first-order chi connectivity index (χ1) is 6.38. The molecule has 0 saturated carbocycles. The molecule has 2 atom stereocenters. The van der Waals surface area contributed by atoms with E-state index in [1.807, 2.05) is 30.3 Å². The maximum Gasteiger partial charge on any atom is 0.147 e. The molecular weight excluding hydrogens is 188 g/mol. The van der Waals surface area contributed by atoms with Gasteiger partial charge in [0, 0.05) is 0 Å². The highest BCUT2D eigenvalue weighted by Gasteiger charge is 2.25. The van der Waals surface area contributed by atoms with Crippen LogP contribution in [0.4, 0.5) is 0 Å². The minimum Gasteiger partial charge on any atom is -0.354 e. The molecule has 13 heavy (non-hydrogen) atoms. The van der Waals surface area contributed by atoms with E-state index in [1.165, 1.54) is 0 Å². The zero-order chi connectivity index (χ0) is 9.10. The number of alkyl halides is 1. The molecule has 0 spiro atoms. The summed E-state index contributed by atoms with van der Waals surface area (Å²) in [7, 11) is 0. The van der Waals surface area contributed by atoms with Gasteiger partial charge in [0.05, 0.1) is 12.0 Å². The predicted molar refractivity (Wildman–Crippen MR) is 50.7 cm³/mol. The Labute approximate surface area is 82.4 Å². The van der Waals surface area contributed by atoms with Crippen molar-refractivity contribution in [2.75, 3.05) is 13.4 Å². The molecule has 0 bridgehead atoms.